The molecule has 6 heavy (non-hydrogen) atoms. The fourth-order valence-electron chi connectivity index (χ4n) is 0.215. The summed E-state index contributed by atoms with van der Waals surface area (Å²) < 4.78 is 15.8. The number of rotatable bonds is 0. The Balaban J connectivity index is 3.05. The molecule has 1 heterocycles. The largest absolute Gasteiger partial charge is 0.458 e. The van der Waals surface area contributed by atoms with E-state index in [1.54, 1.807) is 0 Å². The van der Waals surface area contributed by atoms with Crippen molar-refractivity contribution in [2.45, 2.75) is 0 Å². The number of hydrogen-bond donors (Lipinski definition) is 0. The monoisotopic (exact) mass is 85.0 g/mol. The van der Waals surface area contributed by atoms with Crippen LogP contribution in [0, 0.1) is 12.1 Å². The van der Waals surface area contributed by atoms with E-state index < -0.39 is 0 Å². The Morgan fingerprint density at radius 1 is 1.83 bits per heavy atom. The number of hydrogen-bond acceptors (Lipinski definition) is 1. The molecule has 1 rings (SSSR count). The van der Waals surface area contributed by atoms with Gasteiger partial charge in [0.1, 0.15) is 6.26 Å². The molecular formula is C4H2FO. The molecule has 0 aliphatic rings. The predicted molar refractivity (Wildman–Crippen MR) is 17.5 cm³/mol. The zero-order valence-electron chi connectivity index (χ0n) is 2.94. The highest BCUT2D eigenvalue weighted by atomic mass is 19.1. The van der Waals surface area contributed by atoms with Gasteiger partial charge in [-0.1, -0.05) is 0 Å². The first-order valence-corrected chi connectivity index (χ1v) is 1.49. The Labute approximate surface area is 34.4 Å². The third-order valence-electron chi connectivity index (χ3n) is 0.436. The summed E-state index contributed by atoms with van der Waals surface area (Å²) in [5.41, 5.74) is 0. The maximum Gasteiger partial charge on any atom is 0.172 e. The lowest BCUT2D eigenvalue weighted by molar-refractivity contribution is 0.527. The second-order valence-electron chi connectivity index (χ2n) is 0.883. The van der Waals surface area contributed by atoms with E-state index in [0.717, 1.165) is 12.3 Å². The summed E-state index contributed by atoms with van der Waals surface area (Å²) in [6.07, 6.45) is 3.17. The van der Waals surface area contributed by atoms with Gasteiger partial charge in [-0.15, -0.1) is 0 Å². The molecule has 0 N–H and O–H groups in total. The molecule has 2 heteroatoms. The van der Waals surface area contributed by atoms with Crippen molar-refractivity contribution >= 4 is 0 Å². The van der Waals surface area contributed by atoms with Gasteiger partial charge < -0.3 is 4.42 Å². The summed E-state index contributed by atoms with van der Waals surface area (Å²) in [5.74, 6) is -0.380. The van der Waals surface area contributed by atoms with Crippen molar-refractivity contribution in [1.82, 2.24) is 0 Å². The minimum absolute atomic E-state index is 0.380. The Bertz CT molecular complexity index is 111. The van der Waals surface area contributed by atoms with Crippen LogP contribution in [0.15, 0.2) is 16.7 Å². The van der Waals surface area contributed by atoms with Crippen molar-refractivity contribution in [3.05, 3.63) is 24.4 Å². The third kappa shape index (κ3) is 0.407. The Hall–Kier alpha value is -0.790. The highest BCUT2D eigenvalue weighted by Gasteiger charge is 1.82. The van der Waals surface area contributed by atoms with Crippen molar-refractivity contribution < 1.29 is 8.81 Å². The molecule has 0 aromatic carbocycles. The van der Waals surface area contributed by atoms with E-state index in [1.165, 1.54) is 0 Å². The van der Waals surface area contributed by atoms with Crippen LogP contribution < -0.4 is 0 Å². The first-order valence-electron chi connectivity index (χ1n) is 1.49. The van der Waals surface area contributed by atoms with Gasteiger partial charge in [0.2, 0.25) is 0 Å². The molecule has 0 aliphatic heterocycles. The van der Waals surface area contributed by atoms with Crippen LogP contribution in [-0.2, 0) is 0 Å². The van der Waals surface area contributed by atoms with Crippen molar-refractivity contribution in [2.75, 3.05) is 0 Å². The van der Waals surface area contributed by atoms with Crippen LogP contribution in [0.3, 0.4) is 0 Å². The quantitative estimate of drug-likeness (QED) is 0.461. The molecule has 0 aliphatic carbocycles. The molecule has 1 nitrogen and oxygen atoms in total. The van der Waals surface area contributed by atoms with Crippen LogP contribution in [-0.4, -0.2) is 0 Å². The zero-order valence-corrected chi connectivity index (χ0v) is 2.94. The fraction of sp³-hybridized carbons (Fsp3) is 0. The van der Waals surface area contributed by atoms with Crippen LogP contribution >= 0.6 is 0 Å². The second-order valence-corrected chi connectivity index (χ2v) is 0.883. The molecule has 31 valence electrons. The van der Waals surface area contributed by atoms with Crippen LogP contribution in [0.2, 0.25) is 0 Å². The van der Waals surface area contributed by atoms with Gasteiger partial charge in [0.25, 0.3) is 0 Å². The lowest BCUT2D eigenvalue weighted by atomic mass is 10.6. The van der Waals surface area contributed by atoms with Gasteiger partial charge in [0.05, 0.1) is 0 Å². The molecule has 0 saturated carbocycles. The van der Waals surface area contributed by atoms with Crippen molar-refractivity contribution in [3.8, 4) is 0 Å². The SMILES string of the molecule is Fc1c[c]oc1. The number of furan rings is 1. The predicted octanol–water partition coefficient (Wildman–Crippen LogP) is 1.22. The molecule has 0 spiro atoms. The highest BCUT2D eigenvalue weighted by molar-refractivity contribution is 4.83. The first kappa shape index (κ1) is 3.40. The molecule has 1 radical (unpaired) electrons. The van der Waals surface area contributed by atoms with Gasteiger partial charge in [0, 0.05) is 6.07 Å². The summed E-state index contributed by atoms with van der Waals surface area (Å²) >= 11 is 0. The molecule has 0 unspecified atom stereocenters. The van der Waals surface area contributed by atoms with E-state index in [1.807, 2.05) is 0 Å². The van der Waals surface area contributed by atoms with Crippen LogP contribution in [0.5, 0.6) is 0 Å². The number of halogens is 1. The lowest BCUT2D eigenvalue weighted by Crippen LogP contribution is -1.49. The molecular weight excluding hydrogens is 83.0 g/mol. The zero-order chi connectivity index (χ0) is 4.41. The van der Waals surface area contributed by atoms with Gasteiger partial charge in [-0.25, -0.2) is 4.39 Å². The summed E-state index contributed by atoms with van der Waals surface area (Å²) in [7, 11) is 0. The maximum absolute atomic E-state index is 11.5. The Morgan fingerprint density at radius 3 is 2.83 bits per heavy atom. The molecule has 0 bridgehead atoms. The third-order valence-corrected chi connectivity index (χ3v) is 0.436. The fourth-order valence-corrected chi connectivity index (χ4v) is 0.215. The summed E-state index contributed by atoms with van der Waals surface area (Å²) in [6, 6.07) is 1.12. The van der Waals surface area contributed by atoms with Gasteiger partial charge >= 0.3 is 0 Å². The van der Waals surface area contributed by atoms with Gasteiger partial charge in [0.15, 0.2) is 12.1 Å². The summed E-state index contributed by atoms with van der Waals surface area (Å²) in [4.78, 5) is 0. The van der Waals surface area contributed by atoms with Crippen LogP contribution in [0.4, 0.5) is 4.39 Å². The molecule has 0 saturated heterocycles. The van der Waals surface area contributed by atoms with Crippen molar-refractivity contribution in [1.29, 1.82) is 0 Å². The minimum atomic E-state index is -0.380. The standard InChI is InChI=1S/C4H2FO/c5-4-1-2-6-3-4/h1,3H. The van der Waals surface area contributed by atoms with Gasteiger partial charge in [-0.3, -0.25) is 0 Å². The Morgan fingerprint density at radius 2 is 2.67 bits per heavy atom. The molecule has 0 fully saturated rings. The average molecular weight is 85.1 g/mol. The lowest BCUT2D eigenvalue weighted by Gasteiger charge is -1.58. The molecule has 1 aromatic heterocycles. The van der Waals surface area contributed by atoms with Crippen LogP contribution in [0.1, 0.15) is 0 Å². The summed E-state index contributed by atoms with van der Waals surface area (Å²) in [5, 5.41) is 0. The molecule has 1 aromatic rings. The second kappa shape index (κ2) is 1.12. The van der Waals surface area contributed by atoms with E-state index in [0.29, 0.717) is 0 Å². The van der Waals surface area contributed by atoms with E-state index in [9.17, 15) is 4.39 Å². The van der Waals surface area contributed by atoms with Crippen LogP contribution in [0.25, 0.3) is 0 Å². The van der Waals surface area contributed by atoms with E-state index in [4.69, 9.17) is 0 Å². The van der Waals surface area contributed by atoms with E-state index >= 15 is 0 Å². The van der Waals surface area contributed by atoms with Gasteiger partial charge in [-0.2, -0.15) is 0 Å². The van der Waals surface area contributed by atoms with Crippen molar-refractivity contribution in [2.24, 2.45) is 0 Å². The maximum atomic E-state index is 11.5. The van der Waals surface area contributed by atoms with E-state index in [2.05, 4.69) is 10.7 Å². The Kier molecular flexibility index (Phi) is 0.638. The summed E-state index contributed by atoms with van der Waals surface area (Å²) in [6.45, 7) is 0. The molecule has 0 atom stereocenters. The van der Waals surface area contributed by atoms with E-state index in [-0.39, 0.29) is 5.82 Å². The normalized spacial score (nSPS) is 8.83. The highest BCUT2D eigenvalue weighted by Crippen LogP contribution is 1.92. The minimum Gasteiger partial charge on any atom is -0.458 e. The molecule has 0 amide bonds. The van der Waals surface area contributed by atoms with Crippen molar-refractivity contribution in [3.63, 3.8) is 0 Å². The van der Waals surface area contributed by atoms with Gasteiger partial charge in [-0.05, 0) is 0 Å². The topological polar surface area (TPSA) is 13.1 Å². The smallest absolute Gasteiger partial charge is 0.172 e. The average Bonchev–Trinajstić information content (AvgIpc) is 1.86. The first-order chi connectivity index (χ1) is 2.89.